The summed E-state index contributed by atoms with van der Waals surface area (Å²) >= 11 is 0. The van der Waals surface area contributed by atoms with E-state index in [2.05, 4.69) is 28.2 Å². The molecule has 0 unspecified atom stereocenters. The van der Waals surface area contributed by atoms with Gasteiger partial charge in [-0.1, -0.05) is 24.3 Å². The summed E-state index contributed by atoms with van der Waals surface area (Å²) in [6.45, 7) is 0. The molecule has 0 aliphatic heterocycles. The first-order valence-corrected chi connectivity index (χ1v) is 8.50. The van der Waals surface area contributed by atoms with Crippen molar-refractivity contribution in [2.75, 3.05) is 0 Å². The summed E-state index contributed by atoms with van der Waals surface area (Å²) < 4.78 is 0. The van der Waals surface area contributed by atoms with Crippen molar-refractivity contribution in [3.63, 3.8) is 0 Å². The fraction of sp³-hybridized carbons (Fsp3) is 0. The average Bonchev–Trinajstić information content (AvgIpc) is 2.75. The summed E-state index contributed by atoms with van der Waals surface area (Å²) in [7, 11) is 0. The maximum Gasteiger partial charge on any atom is 0.335 e. The predicted octanol–water partition coefficient (Wildman–Crippen LogP) is 5.18. The Balaban J connectivity index is 1.86. The standard InChI is InChI=1S/C23H16N2O2/c26-23(27)17-7-5-16(6-8-17)20-11-21(18-3-1-9-24-14-18)13-22(12-20)19-4-2-10-25-15-19/h1-15H,(H,26,27). The molecule has 4 aromatic rings. The second-order valence-electron chi connectivity index (χ2n) is 6.16. The van der Waals surface area contributed by atoms with E-state index in [0.717, 1.165) is 33.4 Å². The molecule has 0 fully saturated rings. The Hall–Kier alpha value is -3.79. The second-order valence-corrected chi connectivity index (χ2v) is 6.16. The third-order valence-electron chi connectivity index (χ3n) is 4.39. The zero-order valence-electron chi connectivity index (χ0n) is 14.4. The minimum atomic E-state index is -0.929. The van der Waals surface area contributed by atoms with Crippen molar-refractivity contribution in [1.82, 2.24) is 9.97 Å². The van der Waals surface area contributed by atoms with E-state index in [4.69, 9.17) is 5.11 Å². The monoisotopic (exact) mass is 352 g/mol. The van der Waals surface area contributed by atoms with Gasteiger partial charge in [0.1, 0.15) is 0 Å². The van der Waals surface area contributed by atoms with Crippen molar-refractivity contribution < 1.29 is 9.90 Å². The maximum atomic E-state index is 11.1. The molecule has 27 heavy (non-hydrogen) atoms. The van der Waals surface area contributed by atoms with E-state index in [1.165, 1.54) is 0 Å². The number of pyridine rings is 2. The molecule has 4 heteroatoms. The van der Waals surface area contributed by atoms with Crippen LogP contribution in [0, 0.1) is 0 Å². The van der Waals surface area contributed by atoms with Crippen LogP contribution in [0.3, 0.4) is 0 Å². The van der Waals surface area contributed by atoms with E-state index in [-0.39, 0.29) is 5.56 Å². The summed E-state index contributed by atoms with van der Waals surface area (Å²) in [4.78, 5) is 19.6. The SMILES string of the molecule is O=C(O)c1ccc(-c2cc(-c3cccnc3)cc(-c3cccnc3)c2)cc1. The van der Waals surface area contributed by atoms with Gasteiger partial charge in [-0.3, -0.25) is 9.97 Å². The first kappa shape index (κ1) is 16.7. The average molecular weight is 352 g/mol. The number of carbonyl (C=O) groups is 1. The molecule has 0 saturated heterocycles. The van der Waals surface area contributed by atoms with Crippen molar-refractivity contribution in [2.24, 2.45) is 0 Å². The van der Waals surface area contributed by atoms with E-state index in [1.54, 1.807) is 24.5 Å². The Kier molecular flexibility index (Phi) is 4.45. The van der Waals surface area contributed by atoms with Gasteiger partial charge in [-0.25, -0.2) is 4.79 Å². The highest BCUT2D eigenvalue weighted by Crippen LogP contribution is 2.32. The van der Waals surface area contributed by atoms with Crippen molar-refractivity contribution >= 4 is 5.97 Å². The number of benzene rings is 2. The van der Waals surface area contributed by atoms with Crippen molar-refractivity contribution in [3.8, 4) is 33.4 Å². The van der Waals surface area contributed by atoms with Crippen LogP contribution < -0.4 is 0 Å². The Bertz CT molecular complexity index is 1020. The molecule has 0 aliphatic rings. The van der Waals surface area contributed by atoms with Crippen LogP contribution in [0.25, 0.3) is 33.4 Å². The molecular weight excluding hydrogens is 336 g/mol. The predicted molar refractivity (Wildman–Crippen MR) is 105 cm³/mol. The topological polar surface area (TPSA) is 63.1 Å². The Morgan fingerprint density at radius 2 is 1.11 bits per heavy atom. The largest absolute Gasteiger partial charge is 0.478 e. The van der Waals surface area contributed by atoms with E-state index < -0.39 is 5.97 Å². The molecule has 4 nitrogen and oxygen atoms in total. The lowest BCUT2D eigenvalue weighted by Gasteiger charge is -2.11. The summed E-state index contributed by atoms with van der Waals surface area (Å²) in [5.74, 6) is -0.929. The number of hydrogen-bond donors (Lipinski definition) is 1. The lowest BCUT2D eigenvalue weighted by atomic mass is 9.94. The summed E-state index contributed by atoms with van der Waals surface area (Å²) in [5, 5.41) is 9.12. The molecular formula is C23H16N2O2. The molecule has 0 spiro atoms. The number of hydrogen-bond acceptors (Lipinski definition) is 3. The van der Waals surface area contributed by atoms with Gasteiger partial charge < -0.3 is 5.11 Å². The molecule has 0 saturated carbocycles. The van der Waals surface area contributed by atoms with Gasteiger partial charge in [0, 0.05) is 35.9 Å². The normalized spacial score (nSPS) is 10.5. The quantitative estimate of drug-likeness (QED) is 0.550. The summed E-state index contributed by atoms with van der Waals surface area (Å²) in [6, 6.07) is 21.1. The van der Waals surface area contributed by atoms with Crippen LogP contribution in [0.5, 0.6) is 0 Å². The smallest absolute Gasteiger partial charge is 0.335 e. The Labute approximate surface area is 156 Å². The zero-order chi connectivity index (χ0) is 18.6. The molecule has 0 bridgehead atoms. The first-order valence-electron chi connectivity index (χ1n) is 8.50. The fourth-order valence-corrected chi connectivity index (χ4v) is 3.00. The molecule has 4 rings (SSSR count). The van der Waals surface area contributed by atoms with Crippen LogP contribution >= 0.6 is 0 Å². The van der Waals surface area contributed by atoms with E-state index in [1.807, 2.05) is 48.8 Å². The van der Waals surface area contributed by atoms with Crippen LogP contribution in [0.15, 0.2) is 91.5 Å². The van der Waals surface area contributed by atoms with Gasteiger partial charge in [0.15, 0.2) is 0 Å². The Morgan fingerprint density at radius 3 is 1.52 bits per heavy atom. The molecule has 1 N–H and O–H groups in total. The van der Waals surface area contributed by atoms with Crippen molar-refractivity contribution in [1.29, 1.82) is 0 Å². The number of carboxylic acid groups (broad SMARTS) is 1. The van der Waals surface area contributed by atoms with Crippen molar-refractivity contribution in [3.05, 3.63) is 97.1 Å². The van der Waals surface area contributed by atoms with Gasteiger partial charge in [0.2, 0.25) is 0 Å². The number of nitrogens with zero attached hydrogens (tertiary/aromatic N) is 2. The lowest BCUT2D eigenvalue weighted by Crippen LogP contribution is -1.95. The first-order chi connectivity index (χ1) is 13.2. The maximum absolute atomic E-state index is 11.1. The van der Waals surface area contributed by atoms with E-state index >= 15 is 0 Å². The van der Waals surface area contributed by atoms with Crippen LogP contribution in [-0.2, 0) is 0 Å². The minimum Gasteiger partial charge on any atom is -0.478 e. The van der Waals surface area contributed by atoms with Gasteiger partial charge in [0.05, 0.1) is 5.56 Å². The van der Waals surface area contributed by atoms with Gasteiger partial charge in [0.25, 0.3) is 0 Å². The Morgan fingerprint density at radius 1 is 0.630 bits per heavy atom. The summed E-state index contributed by atoms with van der Waals surface area (Å²) in [6.07, 6.45) is 7.17. The third kappa shape index (κ3) is 3.60. The highest BCUT2D eigenvalue weighted by molar-refractivity contribution is 5.89. The third-order valence-corrected chi connectivity index (χ3v) is 4.39. The molecule has 2 aromatic heterocycles. The van der Waals surface area contributed by atoms with Crippen LogP contribution in [-0.4, -0.2) is 21.0 Å². The molecule has 0 aliphatic carbocycles. The molecule has 2 aromatic carbocycles. The molecule has 130 valence electrons. The van der Waals surface area contributed by atoms with Crippen LogP contribution in [0.2, 0.25) is 0 Å². The van der Waals surface area contributed by atoms with Crippen LogP contribution in [0.4, 0.5) is 0 Å². The number of rotatable bonds is 4. The second kappa shape index (κ2) is 7.22. The number of carboxylic acids is 1. The molecule has 0 amide bonds. The molecule has 2 heterocycles. The van der Waals surface area contributed by atoms with E-state index in [9.17, 15) is 4.79 Å². The number of aromatic nitrogens is 2. The van der Waals surface area contributed by atoms with E-state index in [0.29, 0.717) is 0 Å². The lowest BCUT2D eigenvalue weighted by molar-refractivity contribution is 0.0697. The van der Waals surface area contributed by atoms with Gasteiger partial charge in [-0.2, -0.15) is 0 Å². The zero-order valence-corrected chi connectivity index (χ0v) is 14.4. The molecule has 0 radical (unpaired) electrons. The summed E-state index contributed by atoms with van der Waals surface area (Å²) in [5.41, 5.74) is 6.36. The number of aromatic carboxylic acids is 1. The minimum absolute atomic E-state index is 0.273. The van der Waals surface area contributed by atoms with Gasteiger partial charge in [-0.05, 0) is 64.7 Å². The highest BCUT2D eigenvalue weighted by Gasteiger charge is 2.09. The van der Waals surface area contributed by atoms with Gasteiger partial charge >= 0.3 is 5.97 Å². The van der Waals surface area contributed by atoms with Gasteiger partial charge in [-0.15, -0.1) is 0 Å². The fourth-order valence-electron chi connectivity index (χ4n) is 3.00. The highest BCUT2D eigenvalue weighted by atomic mass is 16.4. The van der Waals surface area contributed by atoms with Crippen LogP contribution in [0.1, 0.15) is 10.4 Å². The molecule has 0 atom stereocenters. The van der Waals surface area contributed by atoms with Crippen molar-refractivity contribution in [2.45, 2.75) is 0 Å².